The SMILES string of the molecule is C1=CSC(=C2SC=C(c3nccs3)S2)S1. The molecule has 76 valence electrons. The van der Waals surface area contributed by atoms with Crippen molar-refractivity contribution in [1.82, 2.24) is 4.98 Å². The number of rotatable bonds is 1. The Morgan fingerprint density at radius 2 is 1.87 bits per heavy atom. The molecule has 0 aromatic carbocycles. The number of aromatic nitrogens is 1. The van der Waals surface area contributed by atoms with Crippen molar-refractivity contribution in [2.75, 3.05) is 0 Å². The highest BCUT2D eigenvalue weighted by atomic mass is 32.2. The molecule has 0 spiro atoms. The fraction of sp³-hybridized carbons (Fsp3) is 0. The lowest BCUT2D eigenvalue weighted by atomic mass is 10.7. The lowest BCUT2D eigenvalue weighted by Gasteiger charge is -1.99. The molecule has 0 atom stereocenters. The molecule has 15 heavy (non-hydrogen) atoms. The van der Waals surface area contributed by atoms with E-state index >= 15 is 0 Å². The molecule has 0 aliphatic carbocycles. The summed E-state index contributed by atoms with van der Waals surface area (Å²) < 4.78 is 2.79. The zero-order valence-corrected chi connectivity index (χ0v) is 11.5. The van der Waals surface area contributed by atoms with Crippen LogP contribution in [0.5, 0.6) is 0 Å². The zero-order valence-electron chi connectivity index (χ0n) is 7.38. The molecule has 1 aromatic heterocycles. The Morgan fingerprint density at radius 3 is 2.60 bits per heavy atom. The van der Waals surface area contributed by atoms with Crippen LogP contribution in [0.1, 0.15) is 5.01 Å². The number of thioether (sulfide) groups is 4. The molecule has 2 aliphatic heterocycles. The van der Waals surface area contributed by atoms with Crippen LogP contribution in [0.15, 0.2) is 36.3 Å². The average molecular weight is 287 g/mol. The highest BCUT2D eigenvalue weighted by Crippen LogP contribution is 2.55. The molecule has 0 saturated carbocycles. The van der Waals surface area contributed by atoms with Crippen molar-refractivity contribution in [3.8, 4) is 0 Å². The van der Waals surface area contributed by atoms with Crippen LogP contribution < -0.4 is 0 Å². The number of nitrogens with zero attached hydrogens (tertiary/aromatic N) is 1. The van der Waals surface area contributed by atoms with Gasteiger partial charge in [-0.15, -0.1) is 11.3 Å². The second-order valence-corrected chi connectivity index (χ2v) is 7.80. The smallest absolute Gasteiger partial charge is 0.130 e. The minimum Gasteiger partial charge on any atom is -0.244 e. The van der Waals surface area contributed by atoms with Gasteiger partial charge < -0.3 is 0 Å². The third kappa shape index (κ3) is 2.19. The molecule has 3 rings (SSSR count). The van der Waals surface area contributed by atoms with Gasteiger partial charge in [-0.3, -0.25) is 0 Å². The standard InChI is InChI=1S/C9H5NS5/c1-2-11-7(10-1)6-5-14-9(15-6)8-12-3-4-13-8/h1-5H. The van der Waals surface area contributed by atoms with E-state index in [1.54, 1.807) is 11.3 Å². The van der Waals surface area contributed by atoms with Crippen molar-refractivity contribution >= 4 is 63.3 Å². The zero-order chi connectivity index (χ0) is 10.1. The van der Waals surface area contributed by atoms with Gasteiger partial charge in [0.15, 0.2) is 0 Å². The lowest BCUT2D eigenvalue weighted by Crippen LogP contribution is -1.72. The van der Waals surface area contributed by atoms with Crippen molar-refractivity contribution in [2.45, 2.75) is 0 Å². The highest BCUT2D eigenvalue weighted by Gasteiger charge is 2.20. The van der Waals surface area contributed by atoms with Gasteiger partial charge in [-0.1, -0.05) is 47.0 Å². The Kier molecular flexibility index (Phi) is 3.21. The third-order valence-electron chi connectivity index (χ3n) is 1.69. The van der Waals surface area contributed by atoms with Gasteiger partial charge in [-0.2, -0.15) is 0 Å². The topological polar surface area (TPSA) is 12.9 Å². The van der Waals surface area contributed by atoms with Crippen LogP contribution in [-0.2, 0) is 0 Å². The van der Waals surface area contributed by atoms with Crippen LogP contribution in [0.4, 0.5) is 0 Å². The molecule has 0 saturated heterocycles. The van der Waals surface area contributed by atoms with E-state index in [2.05, 4.69) is 21.2 Å². The fourth-order valence-corrected chi connectivity index (χ4v) is 6.32. The molecular weight excluding hydrogens is 282 g/mol. The Bertz CT molecular complexity index is 447. The predicted octanol–water partition coefficient (Wildman–Crippen LogP) is 5.00. The molecule has 1 nitrogen and oxygen atoms in total. The van der Waals surface area contributed by atoms with Crippen LogP contribution >= 0.6 is 58.4 Å². The number of hydrogen-bond acceptors (Lipinski definition) is 6. The Hall–Kier alpha value is 0.250. The van der Waals surface area contributed by atoms with Gasteiger partial charge in [0.1, 0.15) is 5.01 Å². The molecule has 2 aliphatic rings. The van der Waals surface area contributed by atoms with Gasteiger partial charge >= 0.3 is 0 Å². The first-order chi connectivity index (χ1) is 7.43. The third-order valence-corrected chi connectivity index (χ3v) is 7.65. The van der Waals surface area contributed by atoms with E-state index in [0.29, 0.717) is 0 Å². The van der Waals surface area contributed by atoms with Crippen LogP contribution in [-0.4, -0.2) is 4.98 Å². The monoisotopic (exact) mass is 287 g/mol. The molecule has 1 aromatic rings. The summed E-state index contributed by atoms with van der Waals surface area (Å²) in [4.78, 5) is 5.61. The van der Waals surface area contributed by atoms with E-state index in [1.807, 2.05) is 58.6 Å². The predicted molar refractivity (Wildman–Crippen MR) is 76.6 cm³/mol. The van der Waals surface area contributed by atoms with E-state index in [1.165, 1.54) is 13.4 Å². The van der Waals surface area contributed by atoms with Gasteiger partial charge in [0.05, 0.1) is 13.4 Å². The molecule has 0 bridgehead atoms. The normalized spacial score (nSPS) is 20.1. The van der Waals surface area contributed by atoms with Crippen LogP contribution in [0, 0.1) is 0 Å². The summed E-state index contributed by atoms with van der Waals surface area (Å²) in [7, 11) is 0. The van der Waals surface area contributed by atoms with Gasteiger partial charge in [0, 0.05) is 11.6 Å². The largest absolute Gasteiger partial charge is 0.244 e. The molecule has 0 unspecified atom stereocenters. The summed E-state index contributed by atoms with van der Waals surface area (Å²) in [6.45, 7) is 0. The summed E-state index contributed by atoms with van der Waals surface area (Å²) in [6.07, 6.45) is 1.86. The van der Waals surface area contributed by atoms with Crippen molar-refractivity contribution in [3.63, 3.8) is 0 Å². The van der Waals surface area contributed by atoms with Crippen LogP contribution in [0.25, 0.3) is 4.91 Å². The van der Waals surface area contributed by atoms with Crippen molar-refractivity contribution in [3.05, 3.63) is 41.3 Å². The van der Waals surface area contributed by atoms with E-state index in [0.717, 1.165) is 5.01 Å². The number of hydrogen-bond donors (Lipinski definition) is 0. The minimum atomic E-state index is 1.13. The van der Waals surface area contributed by atoms with Crippen molar-refractivity contribution in [2.24, 2.45) is 0 Å². The minimum absolute atomic E-state index is 1.13. The van der Waals surface area contributed by atoms with E-state index in [4.69, 9.17) is 0 Å². The molecule has 0 amide bonds. The first-order valence-electron chi connectivity index (χ1n) is 4.10. The summed E-state index contributed by atoms with van der Waals surface area (Å²) in [5.41, 5.74) is 0. The van der Waals surface area contributed by atoms with Gasteiger partial charge in [0.25, 0.3) is 0 Å². The molecule has 3 heterocycles. The molecular formula is C9H5NS5. The average Bonchev–Trinajstić information content (AvgIpc) is 3.02. The summed E-state index contributed by atoms with van der Waals surface area (Å²) in [5.74, 6) is 0. The second kappa shape index (κ2) is 4.63. The maximum Gasteiger partial charge on any atom is 0.130 e. The van der Waals surface area contributed by atoms with Gasteiger partial charge in [0.2, 0.25) is 0 Å². The van der Waals surface area contributed by atoms with Crippen LogP contribution in [0.2, 0.25) is 0 Å². The Morgan fingerprint density at radius 1 is 1.00 bits per heavy atom. The lowest BCUT2D eigenvalue weighted by molar-refractivity contribution is 1.39. The second-order valence-electron chi connectivity index (χ2n) is 2.62. The molecule has 6 heteroatoms. The van der Waals surface area contributed by atoms with Gasteiger partial charge in [-0.05, 0) is 16.2 Å². The van der Waals surface area contributed by atoms with Crippen LogP contribution in [0.3, 0.4) is 0 Å². The number of thiazole rings is 1. The van der Waals surface area contributed by atoms with Crippen molar-refractivity contribution < 1.29 is 0 Å². The first kappa shape index (κ1) is 10.4. The quantitative estimate of drug-likeness (QED) is 0.718. The van der Waals surface area contributed by atoms with Crippen molar-refractivity contribution in [1.29, 1.82) is 0 Å². The molecule has 0 radical (unpaired) electrons. The highest BCUT2D eigenvalue weighted by molar-refractivity contribution is 8.35. The van der Waals surface area contributed by atoms with E-state index in [-0.39, 0.29) is 0 Å². The summed E-state index contributed by atoms with van der Waals surface area (Å²) >= 11 is 8.96. The van der Waals surface area contributed by atoms with Gasteiger partial charge in [-0.25, -0.2) is 4.98 Å². The van der Waals surface area contributed by atoms with E-state index in [9.17, 15) is 0 Å². The molecule has 0 fully saturated rings. The molecule has 0 N–H and O–H groups in total. The maximum atomic E-state index is 4.32. The van der Waals surface area contributed by atoms with E-state index < -0.39 is 0 Å². The fourth-order valence-electron chi connectivity index (χ4n) is 1.09. The maximum absolute atomic E-state index is 4.32. The summed E-state index contributed by atoms with van der Waals surface area (Å²) in [5, 5.41) is 9.62. The Balaban J connectivity index is 1.80. The first-order valence-corrected chi connectivity index (χ1v) is 8.44. The summed E-state index contributed by atoms with van der Waals surface area (Å²) in [6, 6.07) is 0. The Labute approximate surface area is 109 Å².